The fraction of sp³-hybridized carbons (Fsp3) is 0.333. The summed E-state index contributed by atoms with van der Waals surface area (Å²) in [5.74, 6) is 0.753. The van der Waals surface area contributed by atoms with Gasteiger partial charge in [-0.25, -0.2) is 13.1 Å². The summed E-state index contributed by atoms with van der Waals surface area (Å²) in [4.78, 5) is 0. The van der Waals surface area contributed by atoms with Crippen molar-refractivity contribution in [2.24, 2.45) is 0 Å². The molecule has 0 aromatic heterocycles. The molecule has 130 valence electrons. The van der Waals surface area contributed by atoms with E-state index in [1.54, 1.807) is 7.11 Å². The minimum atomic E-state index is -3.44. The second-order valence-electron chi connectivity index (χ2n) is 5.70. The van der Waals surface area contributed by atoms with Crippen LogP contribution in [0, 0.1) is 6.92 Å². The van der Waals surface area contributed by atoms with Gasteiger partial charge in [-0.05, 0) is 48.2 Å². The minimum absolute atomic E-state index is 0.0436. The predicted molar refractivity (Wildman–Crippen MR) is 101 cm³/mol. The number of rotatable bonds is 7. The summed E-state index contributed by atoms with van der Waals surface area (Å²) in [6.45, 7) is 3.91. The zero-order valence-electron chi connectivity index (χ0n) is 14.0. The summed E-state index contributed by atoms with van der Waals surface area (Å²) in [5.41, 5.74) is 2.67. The fourth-order valence-electron chi connectivity index (χ4n) is 2.61. The van der Waals surface area contributed by atoms with Crippen LogP contribution >= 0.6 is 15.9 Å². The number of ether oxygens (including phenoxy) is 1. The molecule has 1 atom stereocenters. The maximum Gasteiger partial charge on any atom is 0.216 e. The van der Waals surface area contributed by atoms with Gasteiger partial charge in [0.1, 0.15) is 5.75 Å². The van der Waals surface area contributed by atoms with Gasteiger partial charge in [-0.1, -0.05) is 47.1 Å². The average Bonchev–Trinajstić information content (AvgIpc) is 2.52. The molecule has 0 spiro atoms. The third-order valence-electron chi connectivity index (χ3n) is 3.80. The van der Waals surface area contributed by atoms with Crippen molar-refractivity contribution in [2.75, 3.05) is 7.11 Å². The Hall–Kier alpha value is -1.37. The Morgan fingerprint density at radius 3 is 2.54 bits per heavy atom. The molecule has 0 saturated heterocycles. The van der Waals surface area contributed by atoms with Gasteiger partial charge in [0.15, 0.2) is 0 Å². The molecule has 0 unspecified atom stereocenters. The number of methoxy groups -OCH3 is 1. The van der Waals surface area contributed by atoms with Crippen LogP contribution in [-0.4, -0.2) is 15.5 Å². The largest absolute Gasteiger partial charge is 0.496 e. The quantitative estimate of drug-likeness (QED) is 0.736. The number of halogens is 1. The Morgan fingerprint density at radius 1 is 1.21 bits per heavy atom. The third kappa shape index (κ3) is 5.06. The van der Waals surface area contributed by atoms with E-state index in [9.17, 15) is 8.42 Å². The fourth-order valence-corrected chi connectivity index (χ4v) is 4.49. The summed E-state index contributed by atoms with van der Waals surface area (Å²) < 4.78 is 34.0. The van der Waals surface area contributed by atoms with E-state index in [0.717, 1.165) is 26.9 Å². The highest BCUT2D eigenvalue weighted by molar-refractivity contribution is 9.10. The number of benzene rings is 2. The number of hydrogen-bond donors (Lipinski definition) is 1. The molecule has 4 nitrogen and oxygen atoms in total. The van der Waals surface area contributed by atoms with Crippen LogP contribution in [0.15, 0.2) is 46.9 Å². The van der Waals surface area contributed by atoms with Gasteiger partial charge in [0.25, 0.3) is 0 Å². The number of nitrogens with one attached hydrogen (secondary N) is 1. The summed E-state index contributed by atoms with van der Waals surface area (Å²) in [7, 11) is -1.82. The monoisotopic (exact) mass is 411 g/mol. The highest BCUT2D eigenvalue weighted by Gasteiger charge is 2.19. The van der Waals surface area contributed by atoms with Crippen LogP contribution < -0.4 is 9.46 Å². The lowest BCUT2D eigenvalue weighted by Crippen LogP contribution is -2.29. The first-order valence-corrected chi connectivity index (χ1v) is 10.2. The zero-order chi connectivity index (χ0) is 17.7. The lowest BCUT2D eigenvalue weighted by molar-refractivity contribution is 0.411. The van der Waals surface area contributed by atoms with Crippen LogP contribution in [0.3, 0.4) is 0 Å². The second kappa shape index (κ2) is 8.14. The van der Waals surface area contributed by atoms with Gasteiger partial charge in [-0.3, -0.25) is 0 Å². The van der Waals surface area contributed by atoms with Crippen molar-refractivity contribution in [3.05, 3.63) is 63.6 Å². The Labute approximate surface area is 152 Å². The first-order chi connectivity index (χ1) is 11.3. The van der Waals surface area contributed by atoms with Gasteiger partial charge in [-0.2, -0.15) is 0 Å². The molecule has 0 amide bonds. The van der Waals surface area contributed by atoms with Gasteiger partial charge in [0, 0.05) is 10.5 Å². The molecule has 0 heterocycles. The third-order valence-corrected chi connectivity index (χ3v) is 5.65. The summed E-state index contributed by atoms with van der Waals surface area (Å²) in [5, 5.41) is 0. The maximum atomic E-state index is 12.5. The van der Waals surface area contributed by atoms with E-state index in [2.05, 4.69) is 20.7 Å². The molecule has 0 saturated carbocycles. The van der Waals surface area contributed by atoms with E-state index < -0.39 is 10.0 Å². The van der Waals surface area contributed by atoms with Gasteiger partial charge >= 0.3 is 0 Å². The molecule has 0 bridgehead atoms. The normalized spacial score (nSPS) is 12.8. The molecular formula is C18H22BrNO3S. The zero-order valence-corrected chi connectivity index (χ0v) is 16.4. The van der Waals surface area contributed by atoms with E-state index >= 15 is 0 Å². The van der Waals surface area contributed by atoms with Gasteiger partial charge < -0.3 is 4.74 Å². The predicted octanol–water partition coefficient (Wildman–Crippen LogP) is 4.34. The molecule has 0 radical (unpaired) electrons. The van der Waals surface area contributed by atoms with Crippen molar-refractivity contribution in [2.45, 2.75) is 32.1 Å². The molecule has 0 fully saturated rings. The van der Waals surface area contributed by atoms with E-state index in [1.165, 1.54) is 0 Å². The van der Waals surface area contributed by atoms with Crippen LogP contribution in [0.2, 0.25) is 0 Å². The van der Waals surface area contributed by atoms with E-state index in [-0.39, 0.29) is 11.8 Å². The molecule has 0 aliphatic carbocycles. The van der Waals surface area contributed by atoms with Gasteiger partial charge in [-0.15, -0.1) is 0 Å². The molecule has 1 N–H and O–H groups in total. The van der Waals surface area contributed by atoms with E-state index in [0.29, 0.717) is 6.42 Å². The highest BCUT2D eigenvalue weighted by Crippen LogP contribution is 2.25. The standard InChI is InChI=1S/C18H22BrNO3S/c1-4-17(15-8-9-18(23-3)13(2)10-15)20-24(21,22)12-14-6-5-7-16(19)11-14/h5-11,17,20H,4,12H2,1-3H3/t17-/m0/s1. The number of aryl methyl sites for hydroxylation is 1. The molecule has 2 aromatic rings. The molecule has 2 rings (SSSR count). The smallest absolute Gasteiger partial charge is 0.216 e. The van der Waals surface area contributed by atoms with Crippen molar-refractivity contribution in [3.63, 3.8) is 0 Å². The van der Waals surface area contributed by atoms with Crippen LogP contribution in [0.1, 0.15) is 36.1 Å². The number of sulfonamides is 1. The Morgan fingerprint density at radius 2 is 1.96 bits per heavy atom. The van der Waals surface area contributed by atoms with Crippen LogP contribution in [0.5, 0.6) is 5.75 Å². The first kappa shape index (κ1) is 19.0. The Bertz CT molecular complexity index is 806. The molecule has 6 heteroatoms. The molecular weight excluding hydrogens is 390 g/mol. The summed E-state index contributed by atoms with van der Waals surface area (Å²) in [6, 6.07) is 12.8. The highest BCUT2D eigenvalue weighted by atomic mass is 79.9. The van der Waals surface area contributed by atoms with Crippen LogP contribution in [-0.2, 0) is 15.8 Å². The minimum Gasteiger partial charge on any atom is -0.496 e. The Kier molecular flexibility index (Phi) is 6.43. The topological polar surface area (TPSA) is 55.4 Å². The van der Waals surface area contributed by atoms with Crippen molar-refractivity contribution in [1.29, 1.82) is 0 Å². The number of hydrogen-bond acceptors (Lipinski definition) is 3. The van der Waals surface area contributed by atoms with Crippen molar-refractivity contribution in [1.82, 2.24) is 4.72 Å². The van der Waals surface area contributed by atoms with E-state index in [1.807, 2.05) is 56.3 Å². The molecule has 0 aliphatic rings. The Balaban J connectivity index is 2.18. The van der Waals surface area contributed by atoms with Crippen molar-refractivity contribution < 1.29 is 13.2 Å². The summed E-state index contributed by atoms with van der Waals surface area (Å²) in [6.07, 6.45) is 0.670. The van der Waals surface area contributed by atoms with E-state index in [4.69, 9.17) is 4.74 Å². The lowest BCUT2D eigenvalue weighted by Gasteiger charge is -2.19. The maximum absolute atomic E-state index is 12.5. The van der Waals surface area contributed by atoms with Gasteiger partial charge in [0.2, 0.25) is 10.0 Å². The van der Waals surface area contributed by atoms with Gasteiger partial charge in [0.05, 0.1) is 12.9 Å². The SMILES string of the molecule is CC[C@H](NS(=O)(=O)Cc1cccc(Br)c1)c1ccc(OC)c(C)c1. The first-order valence-electron chi connectivity index (χ1n) is 7.73. The van der Waals surface area contributed by atoms with Crippen molar-refractivity contribution >= 4 is 26.0 Å². The molecule has 2 aromatic carbocycles. The lowest BCUT2D eigenvalue weighted by atomic mass is 10.0. The molecule has 24 heavy (non-hydrogen) atoms. The van der Waals surface area contributed by atoms with Crippen LogP contribution in [0.4, 0.5) is 0 Å². The van der Waals surface area contributed by atoms with Crippen molar-refractivity contribution in [3.8, 4) is 5.75 Å². The average molecular weight is 412 g/mol. The van der Waals surface area contributed by atoms with Crippen LogP contribution in [0.25, 0.3) is 0 Å². The second-order valence-corrected chi connectivity index (χ2v) is 8.37. The molecule has 0 aliphatic heterocycles. The summed E-state index contributed by atoms with van der Waals surface area (Å²) >= 11 is 3.37.